The van der Waals surface area contributed by atoms with Crippen LogP contribution in [0.1, 0.15) is 43.9 Å². The number of halogens is 1. The lowest BCUT2D eigenvalue weighted by Gasteiger charge is -2.14. The molecule has 0 aromatic heterocycles. The van der Waals surface area contributed by atoms with Crippen LogP contribution in [0.25, 0.3) is 0 Å². The Kier molecular flexibility index (Phi) is 2.70. The van der Waals surface area contributed by atoms with Crippen molar-refractivity contribution in [3.05, 3.63) is 29.3 Å². The second kappa shape index (κ2) is 3.70. The van der Waals surface area contributed by atoms with Gasteiger partial charge in [-0.1, -0.05) is 32.0 Å². The van der Waals surface area contributed by atoms with Crippen molar-refractivity contribution < 1.29 is 4.84 Å². The third-order valence-electron chi connectivity index (χ3n) is 2.58. The molecule has 0 spiro atoms. The van der Waals surface area contributed by atoms with E-state index in [4.69, 9.17) is 4.84 Å². The summed E-state index contributed by atoms with van der Waals surface area (Å²) >= 11 is 2.21. The minimum Gasteiger partial charge on any atom is -0.256 e. The van der Waals surface area contributed by atoms with Crippen LogP contribution < -0.4 is 3.28 Å². The van der Waals surface area contributed by atoms with Gasteiger partial charge in [-0.2, -0.15) is 3.28 Å². The number of fused-ring (bicyclic) bond motifs is 1. The molecule has 0 N–H and O–H groups in total. The molecule has 0 saturated carbocycles. The van der Waals surface area contributed by atoms with Crippen LogP contribution in [0.15, 0.2) is 18.2 Å². The van der Waals surface area contributed by atoms with E-state index in [1.807, 2.05) is 3.28 Å². The smallest absolute Gasteiger partial charge is 0.111 e. The highest BCUT2D eigenvalue weighted by Gasteiger charge is 2.28. The normalized spacial score (nSPS) is 20.4. The number of hydrogen-bond donors (Lipinski definition) is 0. The average Bonchev–Trinajstić information content (AvgIpc) is 2.43. The summed E-state index contributed by atoms with van der Waals surface area (Å²) in [7, 11) is 0. The molecular formula is C11H14INO. The molecule has 76 valence electrons. The number of hydrogen-bond acceptors (Lipinski definition) is 2. The first-order chi connectivity index (χ1) is 6.61. The van der Waals surface area contributed by atoms with E-state index in [2.05, 4.69) is 61.8 Å². The molecular weight excluding hydrogens is 289 g/mol. The van der Waals surface area contributed by atoms with Crippen molar-refractivity contribution in [1.29, 1.82) is 0 Å². The van der Waals surface area contributed by atoms with Gasteiger partial charge in [0.25, 0.3) is 0 Å². The Morgan fingerprint density at radius 1 is 1.43 bits per heavy atom. The predicted molar refractivity (Wildman–Crippen MR) is 66.5 cm³/mol. The molecule has 1 atom stereocenters. The second-order valence-corrected chi connectivity index (χ2v) is 4.81. The van der Waals surface area contributed by atoms with Gasteiger partial charge in [0, 0.05) is 5.56 Å². The molecule has 3 heteroatoms. The molecule has 1 aliphatic rings. The zero-order valence-electron chi connectivity index (χ0n) is 8.62. The lowest BCUT2D eigenvalue weighted by molar-refractivity contribution is 0.113. The van der Waals surface area contributed by atoms with Crippen LogP contribution in [-0.4, -0.2) is 0 Å². The van der Waals surface area contributed by atoms with Crippen molar-refractivity contribution in [2.45, 2.75) is 32.8 Å². The number of nitrogens with zero attached hydrogens (tertiary/aromatic N) is 1. The Hall–Kier alpha value is -0.290. The molecule has 0 fully saturated rings. The largest absolute Gasteiger partial charge is 0.256 e. The maximum atomic E-state index is 5.64. The summed E-state index contributed by atoms with van der Waals surface area (Å²) in [5.41, 5.74) is 3.91. The van der Waals surface area contributed by atoms with E-state index in [1.54, 1.807) is 0 Å². The molecule has 0 amide bonds. The van der Waals surface area contributed by atoms with Crippen molar-refractivity contribution in [1.82, 2.24) is 0 Å². The van der Waals surface area contributed by atoms with E-state index in [-0.39, 0.29) is 6.10 Å². The highest BCUT2D eigenvalue weighted by Crippen LogP contribution is 2.43. The van der Waals surface area contributed by atoms with Crippen LogP contribution in [0, 0.1) is 0 Å². The lowest BCUT2D eigenvalue weighted by Crippen LogP contribution is -2.05. The van der Waals surface area contributed by atoms with Gasteiger partial charge in [0.15, 0.2) is 0 Å². The summed E-state index contributed by atoms with van der Waals surface area (Å²) in [6.07, 6.45) is 0.181. The van der Waals surface area contributed by atoms with Crippen LogP contribution in [0.4, 0.5) is 5.69 Å². The fraction of sp³-hybridized carbons (Fsp3) is 0.455. The van der Waals surface area contributed by atoms with Crippen molar-refractivity contribution in [2.24, 2.45) is 0 Å². The first kappa shape index (κ1) is 10.2. The second-order valence-electron chi connectivity index (χ2n) is 3.93. The molecule has 1 unspecified atom stereocenters. The maximum Gasteiger partial charge on any atom is 0.111 e. The third-order valence-corrected chi connectivity index (χ3v) is 3.29. The molecule has 14 heavy (non-hydrogen) atoms. The molecule has 1 aromatic rings. The quantitative estimate of drug-likeness (QED) is 0.575. The monoisotopic (exact) mass is 303 g/mol. The van der Waals surface area contributed by atoms with Crippen molar-refractivity contribution in [2.75, 3.05) is 3.28 Å². The predicted octanol–water partition coefficient (Wildman–Crippen LogP) is 3.97. The van der Waals surface area contributed by atoms with E-state index in [9.17, 15) is 0 Å². The Balaban J connectivity index is 2.56. The zero-order chi connectivity index (χ0) is 10.3. The van der Waals surface area contributed by atoms with E-state index in [0.29, 0.717) is 5.92 Å². The highest BCUT2D eigenvalue weighted by atomic mass is 127. The molecule has 0 aliphatic carbocycles. The molecule has 2 nitrogen and oxygen atoms in total. The van der Waals surface area contributed by atoms with Gasteiger partial charge < -0.3 is 0 Å². The van der Waals surface area contributed by atoms with Gasteiger partial charge in [0.05, 0.1) is 28.6 Å². The topological polar surface area (TPSA) is 12.5 Å². The van der Waals surface area contributed by atoms with Crippen LogP contribution in [0.2, 0.25) is 0 Å². The van der Waals surface area contributed by atoms with Crippen LogP contribution in [0.5, 0.6) is 0 Å². The first-order valence-electron chi connectivity index (χ1n) is 4.86. The lowest BCUT2D eigenvalue weighted by atomic mass is 9.97. The Morgan fingerprint density at radius 2 is 2.14 bits per heavy atom. The minimum absolute atomic E-state index is 0.181. The van der Waals surface area contributed by atoms with E-state index < -0.39 is 0 Å². The molecule has 0 saturated heterocycles. The summed E-state index contributed by atoms with van der Waals surface area (Å²) in [4.78, 5) is 5.64. The van der Waals surface area contributed by atoms with Crippen LogP contribution in [-0.2, 0) is 4.84 Å². The zero-order valence-corrected chi connectivity index (χ0v) is 10.8. The van der Waals surface area contributed by atoms with Crippen LogP contribution >= 0.6 is 22.9 Å². The maximum absolute atomic E-state index is 5.64. The Morgan fingerprint density at radius 3 is 2.79 bits per heavy atom. The fourth-order valence-electron chi connectivity index (χ4n) is 1.83. The molecule has 0 radical (unpaired) electrons. The van der Waals surface area contributed by atoms with E-state index in [1.165, 1.54) is 16.8 Å². The van der Waals surface area contributed by atoms with E-state index >= 15 is 0 Å². The van der Waals surface area contributed by atoms with Gasteiger partial charge in [-0.25, -0.2) is 0 Å². The first-order valence-corrected chi connectivity index (χ1v) is 5.83. The number of rotatable bonds is 1. The van der Waals surface area contributed by atoms with Gasteiger partial charge in [0.1, 0.15) is 6.10 Å². The SMILES string of the molecule is CC(C)c1cccc2c1N(I)OC2C. The van der Waals surface area contributed by atoms with Gasteiger partial charge in [0.2, 0.25) is 0 Å². The molecule has 2 rings (SSSR count). The Bertz CT molecular complexity index is 351. The molecule has 1 aliphatic heterocycles. The molecule has 1 aromatic carbocycles. The Labute approximate surface area is 98.7 Å². The van der Waals surface area contributed by atoms with Gasteiger partial charge in [-0.3, -0.25) is 4.84 Å². The molecule has 1 heterocycles. The number of benzene rings is 1. The number of anilines is 1. The van der Waals surface area contributed by atoms with E-state index in [0.717, 1.165) is 0 Å². The minimum atomic E-state index is 0.181. The summed E-state index contributed by atoms with van der Waals surface area (Å²) in [5, 5.41) is 0. The van der Waals surface area contributed by atoms with Crippen molar-refractivity contribution in [3.8, 4) is 0 Å². The summed E-state index contributed by atoms with van der Waals surface area (Å²) in [5.74, 6) is 0.538. The summed E-state index contributed by atoms with van der Waals surface area (Å²) in [6, 6.07) is 6.44. The van der Waals surface area contributed by atoms with Crippen LogP contribution in [0.3, 0.4) is 0 Å². The van der Waals surface area contributed by atoms with Crippen molar-refractivity contribution >= 4 is 28.6 Å². The van der Waals surface area contributed by atoms with Gasteiger partial charge in [-0.05, 0) is 18.4 Å². The van der Waals surface area contributed by atoms with Gasteiger partial charge in [-0.15, -0.1) is 0 Å². The standard InChI is InChI=1S/C11H14INO/c1-7(2)9-5-4-6-10-8(3)14-13(12)11(9)10/h4-8H,1-3H3. The van der Waals surface area contributed by atoms with Crippen molar-refractivity contribution in [3.63, 3.8) is 0 Å². The highest BCUT2D eigenvalue weighted by molar-refractivity contribution is 14.1. The third kappa shape index (κ3) is 1.52. The summed E-state index contributed by atoms with van der Waals surface area (Å²) in [6.45, 7) is 6.51. The average molecular weight is 303 g/mol. The number of para-hydroxylation sites is 1. The molecule has 0 bridgehead atoms. The fourth-order valence-corrected chi connectivity index (χ4v) is 2.72. The van der Waals surface area contributed by atoms with Gasteiger partial charge >= 0.3 is 0 Å². The summed E-state index contributed by atoms with van der Waals surface area (Å²) < 4.78 is 1.87.